The van der Waals surface area contributed by atoms with E-state index in [-0.39, 0.29) is 5.41 Å². The summed E-state index contributed by atoms with van der Waals surface area (Å²) in [4.78, 5) is 2.43. The summed E-state index contributed by atoms with van der Waals surface area (Å²) in [6.07, 6.45) is 0. The minimum Gasteiger partial charge on any atom is -0.315 e. The number of likely N-dealkylation sites (N-methyl/N-ethyl adjacent to an activating group) is 1. The summed E-state index contributed by atoms with van der Waals surface area (Å²) >= 11 is 0. The molecule has 1 N–H and O–H groups in total. The van der Waals surface area contributed by atoms with Crippen LogP contribution in [0.4, 0.5) is 0 Å². The molecule has 1 fully saturated rings. The highest BCUT2D eigenvalue weighted by atomic mass is 15.1. The van der Waals surface area contributed by atoms with Crippen molar-refractivity contribution in [1.29, 1.82) is 0 Å². The van der Waals surface area contributed by atoms with Crippen LogP contribution >= 0.6 is 0 Å². The van der Waals surface area contributed by atoms with Crippen molar-refractivity contribution in [2.75, 3.05) is 33.2 Å². The summed E-state index contributed by atoms with van der Waals surface area (Å²) in [6.45, 7) is 11.3. The Bertz CT molecular complexity index is 383. The van der Waals surface area contributed by atoms with E-state index in [1.54, 1.807) is 0 Å². The molecule has 100 valence electrons. The van der Waals surface area contributed by atoms with Crippen molar-refractivity contribution in [3.8, 4) is 0 Å². The van der Waals surface area contributed by atoms with Gasteiger partial charge in [-0.15, -0.1) is 0 Å². The smallest absolute Gasteiger partial charge is 0.0176 e. The maximum absolute atomic E-state index is 3.56. The predicted octanol–water partition coefficient (Wildman–Crippen LogP) is 2.60. The van der Waals surface area contributed by atoms with Gasteiger partial charge < -0.3 is 10.2 Å². The SMILES string of the molecule is CC(C)c1ccc(C2(C)CNCCN(C)C2)cc1. The number of nitrogens with zero attached hydrogens (tertiary/aromatic N) is 1. The third-order valence-corrected chi connectivity index (χ3v) is 4.08. The number of hydrogen-bond donors (Lipinski definition) is 1. The lowest BCUT2D eigenvalue weighted by Gasteiger charge is -2.31. The highest BCUT2D eigenvalue weighted by molar-refractivity contribution is 5.31. The Labute approximate surface area is 111 Å². The first-order valence-electron chi connectivity index (χ1n) is 7.01. The van der Waals surface area contributed by atoms with Crippen molar-refractivity contribution >= 4 is 0 Å². The van der Waals surface area contributed by atoms with Gasteiger partial charge in [-0.25, -0.2) is 0 Å². The topological polar surface area (TPSA) is 15.3 Å². The van der Waals surface area contributed by atoms with Crippen LogP contribution in [0.25, 0.3) is 0 Å². The van der Waals surface area contributed by atoms with Crippen LogP contribution in [0.5, 0.6) is 0 Å². The summed E-state index contributed by atoms with van der Waals surface area (Å²) in [7, 11) is 2.22. The van der Waals surface area contributed by atoms with Crippen LogP contribution in [0.1, 0.15) is 37.8 Å². The van der Waals surface area contributed by atoms with Crippen LogP contribution in [0.3, 0.4) is 0 Å². The van der Waals surface area contributed by atoms with Gasteiger partial charge in [-0.2, -0.15) is 0 Å². The molecule has 1 heterocycles. The van der Waals surface area contributed by atoms with Crippen molar-refractivity contribution in [2.45, 2.75) is 32.1 Å². The lowest BCUT2D eigenvalue weighted by molar-refractivity contribution is 0.290. The van der Waals surface area contributed by atoms with Crippen molar-refractivity contribution in [3.05, 3.63) is 35.4 Å². The molecule has 0 spiro atoms. The summed E-state index contributed by atoms with van der Waals surface area (Å²) in [5, 5.41) is 3.56. The van der Waals surface area contributed by atoms with E-state index < -0.39 is 0 Å². The number of nitrogens with one attached hydrogen (secondary N) is 1. The fourth-order valence-electron chi connectivity index (χ4n) is 2.83. The molecule has 1 aromatic rings. The molecule has 0 amide bonds. The average Bonchev–Trinajstić information content (AvgIpc) is 2.51. The largest absolute Gasteiger partial charge is 0.315 e. The molecule has 2 rings (SSSR count). The number of rotatable bonds is 2. The molecular weight excluding hydrogens is 220 g/mol. The fraction of sp³-hybridized carbons (Fsp3) is 0.625. The first-order valence-corrected chi connectivity index (χ1v) is 7.01. The Morgan fingerprint density at radius 3 is 2.50 bits per heavy atom. The standard InChI is InChI=1S/C16H26N2/c1-13(2)14-5-7-15(8-6-14)16(3)11-17-9-10-18(4)12-16/h5-8,13,17H,9-12H2,1-4H3. The molecule has 0 aromatic heterocycles. The lowest BCUT2D eigenvalue weighted by atomic mass is 9.81. The fourth-order valence-corrected chi connectivity index (χ4v) is 2.83. The van der Waals surface area contributed by atoms with E-state index in [1.807, 2.05) is 0 Å². The summed E-state index contributed by atoms with van der Waals surface area (Å²) in [5.74, 6) is 0.613. The van der Waals surface area contributed by atoms with Crippen molar-refractivity contribution in [2.24, 2.45) is 0 Å². The maximum atomic E-state index is 3.56. The van der Waals surface area contributed by atoms with Gasteiger partial charge >= 0.3 is 0 Å². The van der Waals surface area contributed by atoms with Crippen LogP contribution in [0.2, 0.25) is 0 Å². The van der Waals surface area contributed by atoms with Gasteiger partial charge in [0.05, 0.1) is 0 Å². The average molecular weight is 246 g/mol. The molecular formula is C16H26N2. The molecule has 2 heteroatoms. The Morgan fingerprint density at radius 2 is 1.89 bits per heavy atom. The molecule has 1 aliphatic rings. The maximum Gasteiger partial charge on any atom is 0.0176 e. The highest BCUT2D eigenvalue weighted by Gasteiger charge is 2.29. The van der Waals surface area contributed by atoms with Crippen LogP contribution < -0.4 is 5.32 Å². The second kappa shape index (κ2) is 5.41. The monoisotopic (exact) mass is 246 g/mol. The van der Waals surface area contributed by atoms with Gasteiger partial charge in [-0.05, 0) is 24.1 Å². The Hall–Kier alpha value is -0.860. The molecule has 1 unspecified atom stereocenters. The normalized spacial score (nSPS) is 26.3. The molecule has 1 aromatic carbocycles. The summed E-state index contributed by atoms with van der Waals surface area (Å²) in [5.41, 5.74) is 3.10. The Morgan fingerprint density at radius 1 is 1.22 bits per heavy atom. The van der Waals surface area contributed by atoms with E-state index in [0.717, 1.165) is 26.2 Å². The molecule has 1 aliphatic heterocycles. The van der Waals surface area contributed by atoms with Gasteiger partial charge in [0.2, 0.25) is 0 Å². The zero-order chi connectivity index (χ0) is 13.2. The van der Waals surface area contributed by atoms with Crippen molar-refractivity contribution < 1.29 is 0 Å². The van der Waals surface area contributed by atoms with Crippen LogP contribution in [0.15, 0.2) is 24.3 Å². The lowest BCUT2D eigenvalue weighted by Crippen LogP contribution is -2.39. The van der Waals surface area contributed by atoms with Crippen molar-refractivity contribution in [3.63, 3.8) is 0 Å². The predicted molar refractivity (Wildman–Crippen MR) is 78.2 cm³/mol. The molecule has 0 bridgehead atoms. The third-order valence-electron chi connectivity index (χ3n) is 4.08. The summed E-state index contributed by atoms with van der Waals surface area (Å²) in [6, 6.07) is 9.21. The van der Waals surface area contributed by atoms with Gasteiger partial charge in [0.1, 0.15) is 0 Å². The van der Waals surface area contributed by atoms with E-state index in [2.05, 4.69) is 62.3 Å². The Balaban J connectivity index is 2.22. The first kappa shape index (κ1) is 13.6. The highest BCUT2D eigenvalue weighted by Crippen LogP contribution is 2.27. The quantitative estimate of drug-likeness (QED) is 0.863. The van der Waals surface area contributed by atoms with Gasteiger partial charge in [0, 0.05) is 31.6 Å². The molecule has 1 saturated heterocycles. The number of hydrogen-bond acceptors (Lipinski definition) is 2. The zero-order valence-corrected chi connectivity index (χ0v) is 12.2. The second-order valence-corrected chi connectivity index (χ2v) is 6.25. The number of benzene rings is 1. The molecule has 2 nitrogen and oxygen atoms in total. The Kier molecular flexibility index (Phi) is 4.08. The molecule has 0 aliphatic carbocycles. The van der Waals surface area contributed by atoms with E-state index in [1.165, 1.54) is 11.1 Å². The van der Waals surface area contributed by atoms with E-state index in [0.29, 0.717) is 5.92 Å². The molecule has 1 atom stereocenters. The van der Waals surface area contributed by atoms with Crippen molar-refractivity contribution in [1.82, 2.24) is 10.2 Å². The van der Waals surface area contributed by atoms with Gasteiger partial charge in [-0.3, -0.25) is 0 Å². The van der Waals surface area contributed by atoms with Gasteiger partial charge in [0.25, 0.3) is 0 Å². The van der Waals surface area contributed by atoms with Crippen LogP contribution in [-0.4, -0.2) is 38.1 Å². The molecule has 18 heavy (non-hydrogen) atoms. The van der Waals surface area contributed by atoms with E-state index >= 15 is 0 Å². The summed E-state index contributed by atoms with van der Waals surface area (Å²) < 4.78 is 0. The van der Waals surface area contributed by atoms with Gasteiger partial charge in [0.15, 0.2) is 0 Å². The van der Waals surface area contributed by atoms with Crippen LogP contribution in [0, 0.1) is 0 Å². The minimum absolute atomic E-state index is 0.223. The molecule has 0 radical (unpaired) electrons. The second-order valence-electron chi connectivity index (χ2n) is 6.25. The third kappa shape index (κ3) is 2.93. The van der Waals surface area contributed by atoms with E-state index in [9.17, 15) is 0 Å². The van der Waals surface area contributed by atoms with E-state index in [4.69, 9.17) is 0 Å². The molecule has 0 saturated carbocycles. The zero-order valence-electron chi connectivity index (χ0n) is 12.2. The van der Waals surface area contributed by atoms with Crippen LogP contribution in [-0.2, 0) is 5.41 Å². The minimum atomic E-state index is 0.223. The first-order chi connectivity index (χ1) is 8.51. The van der Waals surface area contributed by atoms with Gasteiger partial charge in [-0.1, -0.05) is 45.0 Å².